The normalized spacial score (nSPS) is 27.1. The number of aliphatic hydroxyl groups is 8. The number of unbranched alkanes of at least 4 members (excludes halogenated alkanes) is 21. The second-order valence-electron chi connectivity index (χ2n) is 18.7. The lowest BCUT2D eigenvalue weighted by molar-refractivity contribution is -0.359. The first-order chi connectivity index (χ1) is 32.1. The molecule has 66 heavy (non-hydrogen) atoms. The Labute approximate surface area is 398 Å². The van der Waals surface area contributed by atoms with Crippen molar-refractivity contribution in [3.8, 4) is 0 Å². The number of amides is 1. The molecule has 2 heterocycles. The molecule has 2 saturated heterocycles. The van der Waals surface area contributed by atoms with Gasteiger partial charge in [-0.1, -0.05) is 172 Å². The molecule has 0 spiro atoms. The summed E-state index contributed by atoms with van der Waals surface area (Å²) in [5.41, 5.74) is 0. The van der Waals surface area contributed by atoms with Gasteiger partial charge >= 0.3 is 0 Å². The van der Waals surface area contributed by atoms with Gasteiger partial charge in [0, 0.05) is 6.42 Å². The molecule has 12 unspecified atom stereocenters. The largest absolute Gasteiger partial charge is 0.394 e. The Hall–Kier alpha value is -1.79. The molecule has 0 aromatic heterocycles. The minimum Gasteiger partial charge on any atom is -0.394 e. The Morgan fingerprint density at radius 3 is 1.53 bits per heavy atom. The SMILES string of the molecule is CCCCCCC/C=C\C/C=C\C/C=C\CCCCCCCCCCCCC(=O)NC(COC1OC(CO)C(OC2OC(CO)C(O)C(O)C2O)C(O)C1O)C(O)CCCCCCCCC. The standard InChI is InChI=1S/C52H95NO13/c1-3-5-7-9-11-12-13-14-15-16-17-18-19-20-21-22-23-24-25-26-27-28-30-32-34-36-44(57)53-40(41(56)35-33-31-29-10-8-6-4-2)39-63-51-49(62)47(60)50(43(38-55)65-51)66-52-48(61)46(59)45(58)42(37-54)64-52/h13-14,16-17,19-20,40-43,45-52,54-56,58-62H,3-12,15,18,21-39H2,1-2H3,(H,53,57)/b14-13-,17-16-,20-19-. The third kappa shape index (κ3) is 25.7. The number of hydrogen-bond acceptors (Lipinski definition) is 13. The molecule has 12 atom stereocenters. The number of allylic oxidation sites excluding steroid dienone is 6. The van der Waals surface area contributed by atoms with Gasteiger partial charge in [0.25, 0.3) is 0 Å². The van der Waals surface area contributed by atoms with E-state index in [1.54, 1.807) is 0 Å². The summed E-state index contributed by atoms with van der Waals surface area (Å²) in [5.74, 6) is -0.216. The fourth-order valence-corrected chi connectivity index (χ4v) is 8.54. The van der Waals surface area contributed by atoms with Gasteiger partial charge in [0.15, 0.2) is 12.6 Å². The molecule has 0 aromatic carbocycles. The lowest BCUT2D eigenvalue weighted by Crippen LogP contribution is -2.65. The fourth-order valence-electron chi connectivity index (χ4n) is 8.54. The highest BCUT2D eigenvalue weighted by Gasteiger charge is 2.51. The molecule has 2 aliphatic heterocycles. The van der Waals surface area contributed by atoms with Crippen molar-refractivity contribution in [2.45, 2.75) is 267 Å². The van der Waals surface area contributed by atoms with Crippen molar-refractivity contribution < 1.29 is 64.6 Å². The van der Waals surface area contributed by atoms with E-state index in [1.165, 1.54) is 89.9 Å². The van der Waals surface area contributed by atoms with E-state index >= 15 is 0 Å². The van der Waals surface area contributed by atoms with Crippen LogP contribution in [-0.2, 0) is 23.7 Å². The zero-order chi connectivity index (χ0) is 48.2. The van der Waals surface area contributed by atoms with Crippen molar-refractivity contribution >= 4 is 5.91 Å². The Kier molecular flexibility index (Phi) is 35.6. The highest BCUT2D eigenvalue weighted by molar-refractivity contribution is 5.76. The first kappa shape index (κ1) is 60.3. The van der Waals surface area contributed by atoms with Gasteiger partial charge in [-0.2, -0.15) is 0 Å². The first-order valence-electron chi connectivity index (χ1n) is 26.2. The molecule has 0 aromatic rings. The summed E-state index contributed by atoms with van der Waals surface area (Å²) in [6, 6.07) is -0.827. The molecule has 14 heteroatoms. The predicted molar refractivity (Wildman–Crippen MR) is 258 cm³/mol. The number of carbonyl (C=O) groups is 1. The maximum Gasteiger partial charge on any atom is 0.220 e. The Morgan fingerprint density at radius 1 is 0.545 bits per heavy atom. The fraction of sp³-hybridized carbons (Fsp3) is 0.865. The van der Waals surface area contributed by atoms with E-state index in [9.17, 15) is 45.6 Å². The lowest BCUT2D eigenvalue weighted by Gasteiger charge is -2.46. The zero-order valence-electron chi connectivity index (χ0n) is 40.9. The van der Waals surface area contributed by atoms with E-state index < -0.39 is 86.8 Å². The maximum atomic E-state index is 13.1. The average Bonchev–Trinajstić information content (AvgIpc) is 3.31. The van der Waals surface area contributed by atoms with Crippen LogP contribution in [0.3, 0.4) is 0 Å². The Balaban J connectivity index is 1.69. The molecule has 2 aliphatic rings. The molecule has 386 valence electrons. The van der Waals surface area contributed by atoms with Crippen LogP contribution in [-0.4, -0.2) is 140 Å². The van der Waals surface area contributed by atoms with Gasteiger partial charge in [-0.15, -0.1) is 0 Å². The topological polar surface area (TPSA) is 228 Å². The van der Waals surface area contributed by atoms with Crippen molar-refractivity contribution in [3.05, 3.63) is 36.5 Å². The van der Waals surface area contributed by atoms with Crippen LogP contribution in [0.2, 0.25) is 0 Å². The molecule has 2 rings (SSSR count). The Morgan fingerprint density at radius 2 is 1.00 bits per heavy atom. The molecule has 0 aliphatic carbocycles. The molecule has 1 amide bonds. The summed E-state index contributed by atoms with van der Waals surface area (Å²) in [4.78, 5) is 13.1. The summed E-state index contributed by atoms with van der Waals surface area (Å²) < 4.78 is 22.7. The molecular formula is C52H95NO13. The molecule has 0 saturated carbocycles. The van der Waals surface area contributed by atoms with E-state index in [1.807, 2.05) is 0 Å². The minimum atomic E-state index is -1.78. The highest BCUT2D eigenvalue weighted by Crippen LogP contribution is 2.30. The van der Waals surface area contributed by atoms with Gasteiger partial charge in [0.05, 0.1) is 32.0 Å². The van der Waals surface area contributed by atoms with Gasteiger partial charge in [-0.3, -0.25) is 4.79 Å². The zero-order valence-corrected chi connectivity index (χ0v) is 40.9. The van der Waals surface area contributed by atoms with Crippen molar-refractivity contribution in [1.82, 2.24) is 5.32 Å². The van der Waals surface area contributed by atoms with Crippen molar-refractivity contribution in [3.63, 3.8) is 0 Å². The van der Waals surface area contributed by atoms with Crippen LogP contribution in [0.1, 0.15) is 194 Å². The quantitative estimate of drug-likeness (QED) is 0.0221. The molecule has 0 radical (unpaired) electrons. The number of rotatable bonds is 40. The van der Waals surface area contributed by atoms with E-state index in [0.29, 0.717) is 12.8 Å². The van der Waals surface area contributed by atoms with E-state index in [0.717, 1.165) is 77.0 Å². The summed E-state index contributed by atoms with van der Waals surface area (Å²) in [7, 11) is 0. The van der Waals surface area contributed by atoms with Crippen LogP contribution < -0.4 is 5.32 Å². The van der Waals surface area contributed by atoms with E-state index in [4.69, 9.17) is 18.9 Å². The van der Waals surface area contributed by atoms with Crippen molar-refractivity contribution in [2.24, 2.45) is 0 Å². The highest BCUT2D eigenvalue weighted by atomic mass is 16.7. The molecule has 0 bridgehead atoms. The minimum absolute atomic E-state index is 0.216. The van der Waals surface area contributed by atoms with Gasteiger partial charge in [-0.05, 0) is 51.4 Å². The van der Waals surface area contributed by atoms with Crippen LogP contribution in [0.4, 0.5) is 0 Å². The lowest BCUT2D eigenvalue weighted by atomic mass is 9.97. The van der Waals surface area contributed by atoms with Crippen LogP contribution in [0.15, 0.2) is 36.5 Å². The van der Waals surface area contributed by atoms with E-state index in [2.05, 4.69) is 55.6 Å². The van der Waals surface area contributed by atoms with Crippen molar-refractivity contribution in [2.75, 3.05) is 19.8 Å². The second-order valence-corrected chi connectivity index (χ2v) is 18.7. The van der Waals surface area contributed by atoms with Gasteiger partial charge in [0.2, 0.25) is 5.91 Å². The summed E-state index contributed by atoms with van der Waals surface area (Å²) >= 11 is 0. The van der Waals surface area contributed by atoms with Gasteiger partial charge in [0.1, 0.15) is 48.8 Å². The second kappa shape index (κ2) is 39.0. The summed E-state index contributed by atoms with van der Waals surface area (Å²) in [6.45, 7) is 2.77. The van der Waals surface area contributed by atoms with Crippen molar-refractivity contribution in [1.29, 1.82) is 0 Å². The third-order valence-corrected chi connectivity index (χ3v) is 12.9. The monoisotopic (exact) mass is 942 g/mol. The van der Waals surface area contributed by atoms with Gasteiger partial charge in [-0.25, -0.2) is 0 Å². The number of aliphatic hydroxyl groups excluding tert-OH is 8. The van der Waals surface area contributed by atoms with Crippen LogP contribution in [0.5, 0.6) is 0 Å². The van der Waals surface area contributed by atoms with Crippen LogP contribution in [0, 0.1) is 0 Å². The molecule has 14 nitrogen and oxygen atoms in total. The number of hydrogen-bond donors (Lipinski definition) is 9. The summed E-state index contributed by atoms with van der Waals surface area (Å²) in [5, 5.41) is 86.6. The Bertz CT molecular complexity index is 1250. The summed E-state index contributed by atoms with van der Waals surface area (Å²) in [6.07, 6.45) is 27.5. The average molecular weight is 942 g/mol. The number of ether oxygens (including phenoxy) is 4. The molecule has 2 fully saturated rings. The number of nitrogens with one attached hydrogen (secondary N) is 1. The predicted octanol–water partition coefficient (Wildman–Crippen LogP) is 7.10. The smallest absolute Gasteiger partial charge is 0.220 e. The number of carbonyl (C=O) groups excluding carboxylic acids is 1. The van der Waals surface area contributed by atoms with Gasteiger partial charge < -0.3 is 65.1 Å². The third-order valence-electron chi connectivity index (χ3n) is 12.9. The first-order valence-corrected chi connectivity index (χ1v) is 26.2. The molecular weight excluding hydrogens is 847 g/mol. The maximum absolute atomic E-state index is 13.1. The molecule has 9 N–H and O–H groups in total. The van der Waals surface area contributed by atoms with Crippen LogP contribution >= 0.6 is 0 Å². The van der Waals surface area contributed by atoms with E-state index in [-0.39, 0.29) is 12.5 Å². The van der Waals surface area contributed by atoms with Crippen LogP contribution in [0.25, 0.3) is 0 Å².